The number of carboxylic acids is 2. The van der Waals surface area contributed by atoms with Crippen LogP contribution in [0.5, 0.6) is 0 Å². The van der Waals surface area contributed by atoms with Crippen molar-refractivity contribution in [3.8, 4) is 0 Å². The number of amides is 1. The fourth-order valence-corrected chi connectivity index (χ4v) is 4.10. The van der Waals surface area contributed by atoms with Gasteiger partial charge in [0.25, 0.3) is 0 Å². The third-order valence-electron chi connectivity index (χ3n) is 5.79. The first-order valence-corrected chi connectivity index (χ1v) is 11.3. The summed E-state index contributed by atoms with van der Waals surface area (Å²) in [5, 5.41) is 14.2. The molecular weight excluding hydrogens is 543 g/mol. The van der Waals surface area contributed by atoms with Crippen LogP contribution in [0.1, 0.15) is 29.8 Å². The summed E-state index contributed by atoms with van der Waals surface area (Å²) < 4.78 is 76.6. The Morgan fingerprint density at radius 3 is 1.95 bits per heavy atom. The van der Waals surface area contributed by atoms with E-state index in [9.17, 15) is 35.5 Å². The predicted molar refractivity (Wildman–Crippen MR) is 121 cm³/mol. The fourth-order valence-electron chi connectivity index (χ4n) is 4.10. The van der Waals surface area contributed by atoms with Crippen molar-refractivity contribution in [1.29, 1.82) is 0 Å². The Bertz CT molecular complexity index is 1130. The van der Waals surface area contributed by atoms with E-state index in [1.54, 1.807) is 0 Å². The van der Waals surface area contributed by atoms with E-state index >= 15 is 0 Å². The predicted octanol–water partition coefficient (Wildman–Crippen LogP) is 4.17. The average Bonchev–Trinajstić information content (AvgIpc) is 3.34. The molecule has 0 spiro atoms. The summed E-state index contributed by atoms with van der Waals surface area (Å²) in [5.41, 5.74) is 3.02. The van der Waals surface area contributed by atoms with Gasteiger partial charge in [0.15, 0.2) is 0 Å². The molecule has 39 heavy (non-hydrogen) atoms. The van der Waals surface area contributed by atoms with Crippen LogP contribution >= 0.6 is 0 Å². The number of aromatic nitrogens is 1. The van der Waals surface area contributed by atoms with Crippen LogP contribution in [0.2, 0.25) is 0 Å². The van der Waals surface area contributed by atoms with Crippen LogP contribution in [-0.2, 0) is 27.5 Å². The topological polar surface area (TPSA) is 111 Å². The van der Waals surface area contributed by atoms with E-state index in [2.05, 4.69) is 9.88 Å². The minimum atomic E-state index is -5.08. The van der Waals surface area contributed by atoms with Crippen molar-refractivity contribution in [3.63, 3.8) is 0 Å². The van der Waals surface area contributed by atoms with Gasteiger partial charge in [-0.3, -0.25) is 14.7 Å². The molecule has 2 N–H and O–H groups in total. The van der Waals surface area contributed by atoms with Crippen molar-refractivity contribution in [2.24, 2.45) is 0 Å². The Morgan fingerprint density at radius 2 is 1.46 bits per heavy atom. The van der Waals surface area contributed by atoms with Crippen LogP contribution in [-0.4, -0.2) is 73.8 Å². The monoisotopic (exact) mass is 567 g/mol. The molecule has 2 aliphatic rings. The van der Waals surface area contributed by atoms with Crippen molar-refractivity contribution in [2.75, 3.05) is 6.54 Å². The zero-order valence-corrected chi connectivity index (χ0v) is 20.3. The Hall–Kier alpha value is -3.75. The van der Waals surface area contributed by atoms with Gasteiger partial charge >= 0.3 is 24.3 Å². The van der Waals surface area contributed by atoms with E-state index in [4.69, 9.17) is 19.8 Å². The molecule has 1 aromatic carbocycles. The van der Waals surface area contributed by atoms with Gasteiger partial charge in [-0.05, 0) is 43.2 Å². The Morgan fingerprint density at radius 1 is 0.923 bits per heavy atom. The van der Waals surface area contributed by atoms with Gasteiger partial charge in [0.05, 0.1) is 12.2 Å². The number of pyridine rings is 1. The molecule has 2 aliphatic heterocycles. The van der Waals surface area contributed by atoms with Crippen LogP contribution in [0.25, 0.3) is 0 Å². The van der Waals surface area contributed by atoms with E-state index in [0.717, 1.165) is 36.5 Å². The highest BCUT2D eigenvalue weighted by molar-refractivity contribution is 5.80. The number of likely N-dealkylation sites (tertiary alicyclic amines) is 2. The molecule has 1 aromatic heterocycles. The van der Waals surface area contributed by atoms with Gasteiger partial charge in [-0.1, -0.05) is 18.2 Å². The third-order valence-corrected chi connectivity index (χ3v) is 5.79. The smallest absolute Gasteiger partial charge is 0.475 e. The number of halogens is 7. The lowest BCUT2D eigenvalue weighted by atomic mass is 10.1. The molecule has 2 aromatic rings. The Labute approximate surface area is 217 Å². The summed E-state index contributed by atoms with van der Waals surface area (Å²) in [7, 11) is 0. The molecule has 1 amide bonds. The second-order valence-corrected chi connectivity index (χ2v) is 8.62. The number of fused-ring (bicyclic) bond motifs is 1. The highest BCUT2D eigenvalue weighted by Crippen LogP contribution is 2.34. The molecule has 15 heteroatoms. The van der Waals surface area contributed by atoms with Crippen LogP contribution in [0.15, 0.2) is 42.5 Å². The van der Waals surface area contributed by atoms with Crippen LogP contribution in [0.3, 0.4) is 0 Å². The molecule has 2 atom stereocenters. The summed E-state index contributed by atoms with van der Waals surface area (Å²) >= 11 is 0. The largest absolute Gasteiger partial charge is 0.490 e. The van der Waals surface area contributed by atoms with Crippen molar-refractivity contribution in [3.05, 3.63) is 65.2 Å². The first-order valence-electron chi connectivity index (χ1n) is 11.3. The summed E-state index contributed by atoms with van der Waals surface area (Å²) in [6, 6.07) is 13.1. The molecule has 214 valence electrons. The molecule has 0 unspecified atom stereocenters. The van der Waals surface area contributed by atoms with Gasteiger partial charge < -0.3 is 15.1 Å². The van der Waals surface area contributed by atoms with Gasteiger partial charge in [0.1, 0.15) is 5.82 Å². The van der Waals surface area contributed by atoms with Crippen LogP contribution in [0, 0.1) is 12.7 Å². The SMILES string of the molecule is Cc1cccc(CN2C(=O)C[C@H]3[C@@H]2CCN3Cc2ccc(F)cc2)n1.O=C(O)C(F)(F)F.O=C(O)C(F)(F)F. The number of aliphatic carboxylic acids is 2. The Kier molecular flexibility index (Phi) is 10.4. The molecule has 0 radical (unpaired) electrons. The highest BCUT2D eigenvalue weighted by atomic mass is 19.4. The summed E-state index contributed by atoms with van der Waals surface area (Å²) in [4.78, 5) is 39.2. The number of hydrogen-bond donors (Lipinski definition) is 2. The number of carbonyl (C=O) groups is 3. The number of rotatable bonds is 4. The van der Waals surface area contributed by atoms with E-state index < -0.39 is 24.3 Å². The quantitative estimate of drug-likeness (QED) is 0.534. The van der Waals surface area contributed by atoms with Crippen molar-refractivity contribution in [1.82, 2.24) is 14.8 Å². The normalized spacial score (nSPS) is 19.0. The Balaban J connectivity index is 0.000000317. The number of nitrogens with zero attached hydrogens (tertiary/aromatic N) is 3. The number of aryl methyl sites for hydroxylation is 1. The van der Waals surface area contributed by atoms with E-state index in [0.29, 0.717) is 13.0 Å². The average molecular weight is 567 g/mol. The maximum atomic E-state index is 13.1. The van der Waals surface area contributed by atoms with Gasteiger partial charge in [0, 0.05) is 37.3 Å². The van der Waals surface area contributed by atoms with Crippen molar-refractivity contribution < 1.29 is 55.3 Å². The molecule has 3 heterocycles. The number of alkyl halides is 6. The van der Waals surface area contributed by atoms with Gasteiger partial charge in [-0.15, -0.1) is 0 Å². The van der Waals surface area contributed by atoms with Gasteiger partial charge in [0.2, 0.25) is 5.91 Å². The number of hydrogen-bond acceptors (Lipinski definition) is 5. The van der Waals surface area contributed by atoms with Crippen LogP contribution in [0.4, 0.5) is 30.7 Å². The maximum Gasteiger partial charge on any atom is 0.490 e. The van der Waals surface area contributed by atoms with Crippen molar-refractivity contribution in [2.45, 2.75) is 57.3 Å². The molecular formula is C24H24F7N3O5. The summed E-state index contributed by atoms with van der Waals surface area (Å²) in [5.74, 6) is -5.52. The second kappa shape index (κ2) is 12.9. The summed E-state index contributed by atoms with van der Waals surface area (Å²) in [6.07, 6.45) is -8.61. The highest BCUT2D eigenvalue weighted by Gasteiger charge is 2.46. The molecule has 4 rings (SSSR count). The first kappa shape index (κ1) is 31.5. The lowest BCUT2D eigenvalue weighted by Crippen LogP contribution is -2.36. The standard InChI is InChI=1S/C20H22FN3O.2C2HF3O2/c1-14-3-2-4-17(22-14)13-24-18-9-10-23(19(18)11-20(24)25)12-15-5-7-16(21)8-6-15;2*3-2(4,5)1(6)7/h2-8,18-19H,9-13H2,1H3;2*(H,6,7)/t18-,19-;;/m0../s1. The molecule has 0 aliphatic carbocycles. The van der Waals surface area contributed by atoms with Crippen molar-refractivity contribution >= 4 is 17.8 Å². The number of carbonyl (C=O) groups excluding carboxylic acids is 1. The van der Waals surface area contributed by atoms with Gasteiger partial charge in [-0.25, -0.2) is 14.0 Å². The fraction of sp³-hybridized carbons (Fsp3) is 0.417. The number of benzene rings is 1. The van der Waals surface area contributed by atoms with E-state index in [1.807, 2.05) is 42.2 Å². The first-order chi connectivity index (χ1) is 18.0. The molecule has 0 saturated carbocycles. The zero-order chi connectivity index (χ0) is 29.5. The molecule has 2 saturated heterocycles. The van der Waals surface area contributed by atoms with Crippen LogP contribution < -0.4 is 0 Å². The summed E-state index contributed by atoms with van der Waals surface area (Å²) in [6.45, 7) is 4.30. The molecule has 2 fully saturated rings. The van der Waals surface area contributed by atoms with Gasteiger partial charge in [-0.2, -0.15) is 26.3 Å². The van der Waals surface area contributed by atoms with E-state index in [-0.39, 0.29) is 23.8 Å². The number of carboxylic acid groups (broad SMARTS) is 2. The van der Waals surface area contributed by atoms with E-state index in [1.165, 1.54) is 12.1 Å². The third kappa shape index (κ3) is 9.50. The zero-order valence-electron chi connectivity index (χ0n) is 20.3. The lowest BCUT2D eigenvalue weighted by molar-refractivity contribution is -0.193. The molecule has 0 bridgehead atoms. The second-order valence-electron chi connectivity index (χ2n) is 8.62. The lowest BCUT2D eigenvalue weighted by Gasteiger charge is -2.25. The molecule has 8 nitrogen and oxygen atoms in total. The minimum absolute atomic E-state index is 0.210. The minimum Gasteiger partial charge on any atom is -0.475 e. The maximum absolute atomic E-state index is 13.1.